The van der Waals surface area contributed by atoms with Crippen LogP contribution in [0, 0.1) is 18.3 Å². The first kappa shape index (κ1) is 12.9. The minimum Gasteiger partial charge on any atom is -0.465 e. The summed E-state index contributed by atoms with van der Waals surface area (Å²) in [5.41, 5.74) is 0.166. The average molecular weight is 241 g/mol. The highest BCUT2D eigenvalue weighted by atomic mass is 19.3. The first-order chi connectivity index (χ1) is 8.01. The van der Waals surface area contributed by atoms with E-state index in [0.717, 1.165) is 0 Å². The molecule has 0 saturated carbocycles. The van der Waals surface area contributed by atoms with Gasteiger partial charge in [0.15, 0.2) is 0 Å². The van der Waals surface area contributed by atoms with Gasteiger partial charge in [-0.25, -0.2) is 4.79 Å². The highest BCUT2D eigenvalue weighted by Gasteiger charge is 2.18. The number of alkyl halides is 2. The van der Waals surface area contributed by atoms with Gasteiger partial charge in [-0.15, -0.1) is 0 Å². The van der Waals surface area contributed by atoms with Crippen LogP contribution in [0.2, 0.25) is 0 Å². The lowest BCUT2D eigenvalue weighted by Gasteiger charge is -2.11. The number of rotatable bonds is 3. The van der Waals surface area contributed by atoms with Crippen LogP contribution in [-0.2, 0) is 4.74 Å². The molecule has 0 N–H and O–H groups in total. The summed E-state index contributed by atoms with van der Waals surface area (Å²) < 4.78 is 32.8. The van der Waals surface area contributed by atoms with Crippen LogP contribution >= 0.6 is 0 Å². The third kappa shape index (κ3) is 2.69. The Balaban J connectivity index is 3.28. The molecule has 0 fully saturated rings. The average Bonchev–Trinajstić information content (AvgIpc) is 2.30. The molecule has 0 bridgehead atoms. The van der Waals surface area contributed by atoms with Crippen LogP contribution < -0.4 is 4.74 Å². The van der Waals surface area contributed by atoms with Gasteiger partial charge in [0.05, 0.1) is 18.2 Å². The molecule has 1 aromatic rings. The van der Waals surface area contributed by atoms with Crippen LogP contribution in [0.25, 0.3) is 0 Å². The molecule has 6 heteroatoms. The molecule has 90 valence electrons. The van der Waals surface area contributed by atoms with Gasteiger partial charge < -0.3 is 9.47 Å². The number of benzene rings is 1. The van der Waals surface area contributed by atoms with E-state index in [1.54, 1.807) is 6.07 Å². The summed E-state index contributed by atoms with van der Waals surface area (Å²) in [5, 5.41) is 8.90. The van der Waals surface area contributed by atoms with Crippen LogP contribution in [0.4, 0.5) is 8.78 Å². The molecule has 1 rings (SSSR count). The van der Waals surface area contributed by atoms with E-state index in [1.807, 2.05) is 0 Å². The molecule has 0 aliphatic rings. The third-order valence-corrected chi connectivity index (χ3v) is 2.15. The second-order valence-electron chi connectivity index (χ2n) is 3.09. The topological polar surface area (TPSA) is 59.3 Å². The Hall–Kier alpha value is -2.16. The molecule has 0 aliphatic carbocycles. The van der Waals surface area contributed by atoms with Crippen molar-refractivity contribution in [3.63, 3.8) is 0 Å². The quantitative estimate of drug-likeness (QED) is 0.761. The molecule has 1 aromatic carbocycles. The summed E-state index contributed by atoms with van der Waals surface area (Å²) in [5.74, 6) is -0.836. The predicted octanol–water partition coefficient (Wildman–Crippen LogP) is 2.25. The number of ether oxygens (including phenoxy) is 2. The second-order valence-corrected chi connectivity index (χ2v) is 3.09. The van der Waals surface area contributed by atoms with Crippen molar-refractivity contribution in [3.05, 3.63) is 28.8 Å². The van der Waals surface area contributed by atoms with Crippen LogP contribution in [0.15, 0.2) is 12.1 Å². The number of halogens is 2. The maximum atomic E-state index is 12.1. The smallest absolute Gasteiger partial charge is 0.387 e. The van der Waals surface area contributed by atoms with Crippen molar-refractivity contribution in [2.24, 2.45) is 0 Å². The first-order valence-corrected chi connectivity index (χ1v) is 4.58. The van der Waals surface area contributed by atoms with Gasteiger partial charge in [-0.05, 0) is 19.1 Å². The number of carbonyl (C=O) groups is 1. The molecule has 0 heterocycles. The van der Waals surface area contributed by atoms with Crippen molar-refractivity contribution >= 4 is 5.97 Å². The van der Waals surface area contributed by atoms with E-state index >= 15 is 0 Å². The zero-order valence-electron chi connectivity index (χ0n) is 9.16. The fraction of sp³-hybridized carbons (Fsp3) is 0.273. The van der Waals surface area contributed by atoms with E-state index in [9.17, 15) is 13.6 Å². The Labute approximate surface area is 96.4 Å². The highest BCUT2D eigenvalue weighted by Crippen LogP contribution is 2.26. The number of nitriles is 1. The molecular formula is C11H9F2NO3. The standard InChI is InChI=1S/C11H9F2NO3/c1-6-8(5-14)7(10(15)16-2)3-4-9(6)17-11(12)13/h3-4,11H,1-2H3. The minimum atomic E-state index is -2.98. The van der Waals surface area contributed by atoms with Crippen molar-refractivity contribution in [1.82, 2.24) is 0 Å². The van der Waals surface area contributed by atoms with Crippen LogP contribution in [0.1, 0.15) is 21.5 Å². The Morgan fingerprint density at radius 3 is 2.59 bits per heavy atom. The van der Waals surface area contributed by atoms with Gasteiger partial charge in [-0.1, -0.05) is 0 Å². The number of nitrogens with zero attached hydrogens (tertiary/aromatic N) is 1. The van der Waals surface area contributed by atoms with Crippen LogP contribution in [0.3, 0.4) is 0 Å². The normalized spacial score (nSPS) is 9.88. The van der Waals surface area contributed by atoms with Crippen LogP contribution in [0.5, 0.6) is 5.75 Å². The van der Waals surface area contributed by atoms with E-state index in [1.165, 1.54) is 26.2 Å². The molecule has 0 radical (unpaired) electrons. The van der Waals surface area contributed by atoms with Crippen molar-refractivity contribution < 1.29 is 23.0 Å². The Morgan fingerprint density at radius 1 is 1.47 bits per heavy atom. The van der Waals surface area contributed by atoms with Crippen molar-refractivity contribution in [3.8, 4) is 11.8 Å². The molecule has 0 spiro atoms. The lowest BCUT2D eigenvalue weighted by molar-refractivity contribution is -0.0503. The molecule has 0 amide bonds. The fourth-order valence-corrected chi connectivity index (χ4v) is 1.34. The maximum Gasteiger partial charge on any atom is 0.387 e. The maximum absolute atomic E-state index is 12.1. The zero-order valence-corrected chi connectivity index (χ0v) is 9.16. The molecule has 17 heavy (non-hydrogen) atoms. The van der Waals surface area contributed by atoms with Crippen molar-refractivity contribution in [1.29, 1.82) is 5.26 Å². The molecule has 4 nitrogen and oxygen atoms in total. The second kappa shape index (κ2) is 5.25. The third-order valence-electron chi connectivity index (χ3n) is 2.15. The highest BCUT2D eigenvalue weighted by molar-refractivity contribution is 5.93. The summed E-state index contributed by atoms with van der Waals surface area (Å²) in [7, 11) is 1.17. The summed E-state index contributed by atoms with van der Waals surface area (Å²) in [4.78, 5) is 11.3. The summed E-state index contributed by atoms with van der Waals surface area (Å²) in [6.07, 6.45) is 0. The molecule has 0 atom stereocenters. The SMILES string of the molecule is COC(=O)c1ccc(OC(F)F)c(C)c1C#N. The molecule has 0 unspecified atom stereocenters. The van der Waals surface area contributed by atoms with Gasteiger partial charge >= 0.3 is 12.6 Å². The lowest BCUT2D eigenvalue weighted by atomic mass is 10.0. The van der Waals surface area contributed by atoms with Crippen molar-refractivity contribution in [2.45, 2.75) is 13.5 Å². The fourth-order valence-electron chi connectivity index (χ4n) is 1.34. The van der Waals surface area contributed by atoms with E-state index in [4.69, 9.17) is 5.26 Å². The number of hydrogen-bond acceptors (Lipinski definition) is 4. The molecule has 0 aliphatic heterocycles. The minimum absolute atomic E-state index is 0.0223. The summed E-state index contributed by atoms with van der Waals surface area (Å²) in [6, 6.07) is 4.19. The van der Waals surface area contributed by atoms with Gasteiger partial charge in [0, 0.05) is 5.56 Å². The van der Waals surface area contributed by atoms with Gasteiger partial charge in [-0.2, -0.15) is 14.0 Å². The number of hydrogen-bond donors (Lipinski definition) is 0. The van der Waals surface area contributed by atoms with Gasteiger partial charge in [0.1, 0.15) is 11.8 Å². The zero-order chi connectivity index (χ0) is 13.0. The largest absolute Gasteiger partial charge is 0.465 e. The van der Waals surface area contributed by atoms with Gasteiger partial charge in [0.25, 0.3) is 0 Å². The Kier molecular flexibility index (Phi) is 3.99. The number of carbonyl (C=O) groups excluding carboxylic acids is 1. The molecule has 0 aromatic heterocycles. The summed E-state index contributed by atoms with van der Waals surface area (Å²) in [6.45, 7) is -1.56. The van der Waals surface area contributed by atoms with E-state index in [2.05, 4.69) is 9.47 Å². The molecular weight excluding hydrogens is 232 g/mol. The van der Waals surface area contributed by atoms with Crippen molar-refractivity contribution in [2.75, 3.05) is 7.11 Å². The lowest BCUT2D eigenvalue weighted by Crippen LogP contribution is -2.09. The number of esters is 1. The van der Waals surface area contributed by atoms with Crippen LogP contribution in [-0.4, -0.2) is 19.7 Å². The van der Waals surface area contributed by atoms with E-state index in [-0.39, 0.29) is 22.4 Å². The van der Waals surface area contributed by atoms with Gasteiger partial charge in [0.2, 0.25) is 0 Å². The molecule has 0 saturated heterocycles. The Morgan fingerprint density at radius 2 is 2.12 bits per heavy atom. The Bertz CT molecular complexity index is 480. The monoisotopic (exact) mass is 241 g/mol. The van der Waals surface area contributed by atoms with Gasteiger partial charge in [-0.3, -0.25) is 0 Å². The first-order valence-electron chi connectivity index (χ1n) is 4.58. The predicted molar refractivity (Wildman–Crippen MR) is 53.9 cm³/mol. The number of methoxy groups -OCH3 is 1. The summed E-state index contributed by atoms with van der Waals surface area (Å²) >= 11 is 0. The van der Waals surface area contributed by atoms with E-state index < -0.39 is 12.6 Å². The van der Waals surface area contributed by atoms with E-state index in [0.29, 0.717) is 0 Å².